The third-order valence-electron chi connectivity index (χ3n) is 4.86. The summed E-state index contributed by atoms with van der Waals surface area (Å²) in [5.74, 6) is -1.29. The summed E-state index contributed by atoms with van der Waals surface area (Å²) >= 11 is 5.76. The van der Waals surface area contributed by atoms with E-state index in [1.807, 2.05) is 0 Å². The molecule has 1 aromatic carbocycles. The summed E-state index contributed by atoms with van der Waals surface area (Å²) in [7, 11) is 0. The van der Waals surface area contributed by atoms with Gasteiger partial charge in [-0.3, -0.25) is 0 Å². The second-order valence-electron chi connectivity index (χ2n) is 8.20. The average molecular weight is 408 g/mol. The first-order valence-corrected chi connectivity index (χ1v) is 9.11. The molecule has 1 aliphatic heterocycles. The van der Waals surface area contributed by atoms with Crippen LogP contribution in [0.2, 0.25) is 5.02 Å². The van der Waals surface area contributed by atoms with Crippen molar-refractivity contribution in [1.29, 1.82) is 0 Å². The van der Waals surface area contributed by atoms with E-state index in [-0.39, 0.29) is 23.7 Å². The molecule has 1 N–H and O–H groups in total. The minimum absolute atomic E-state index is 0.0545. The van der Waals surface area contributed by atoms with Crippen LogP contribution in [0.3, 0.4) is 0 Å². The van der Waals surface area contributed by atoms with Gasteiger partial charge in [0.2, 0.25) is 0 Å². The standard InChI is InChI=1S/C19H25ClF3NO3/c1-11-9-24(16(25)27-17(3,4)5)10-12(2)18(11,26)14-7-6-13(20)8-15(14)19(21,22)23/h6-8,11-12,26H,9-10H2,1-5H3/t11-,12+,18?. The number of benzene rings is 1. The lowest BCUT2D eigenvalue weighted by Crippen LogP contribution is -2.57. The van der Waals surface area contributed by atoms with Crippen molar-refractivity contribution in [2.24, 2.45) is 11.8 Å². The first-order valence-electron chi connectivity index (χ1n) is 8.73. The third-order valence-corrected chi connectivity index (χ3v) is 5.10. The Morgan fingerprint density at radius 2 is 1.74 bits per heavy atom. The van der Waals surface area contributed by atoms with E-state index in [0.29, 0.717) is 0 Å². The zero-order chi connectivity index (χ0) is 20.8. The summed E-state index contributed by atoms with van der Waals surface area (Å²) < 4.78 is 46.0. The number of nitrogens with zero attached hydrogens (tertiary/aromatic N) is 1. The number of hydrogen-bond acceptors (Lipinski definition) is 3. The van der Waals surface area contributed by atoms with Crippen LogP contribution in [-0.4, -0.2) is 34.8 Å². The van der Waals surface area contributed by atoms with E-state index in [1.165, 1.54) is 17.0 Å². The van der Waals surface area contributed by atoms with Gasteiger partial charge in [-0.05, 0) is 38.5 Å². The Morgan fingerprint density at radius 1 is 1.22 bits per heavy atom. The van der Waals surface area contributed by atoms with Crippen LogP contribution in [0.5, 0.6) is 0 Å². The summed E-state index contributed by atoms with van der Waals surface area (Å²) in [5, 5.41) is 11.3. The fraction of sp³-hybridized carbons (Fsp3) is 0.632. The first kappa shape index (κ1) is 21.8. The molecule has 2 rings (SSSR count). The SMILES string of the molecule is C[C@@H]1CN(C(=O)OC(C)(C)C)C[C@H](C)C1(O)c1ccc(Cl)cc1C(F)(F)F. The zero-order valence-electron chi connectivity index (χ0n) is 16.0. The fourth-order valence-electron chi connectivity index (χ4n) is 3.61. The topological polar surface area (TPSA) is 49.8 Å². The van der Waals surface area contributed by atoms with Crippen LogP contribution in [-0.2, 0) is 16.5 Å². The number of amides is 1. The summed E-state index contributed by atoms with van der Waals surface area (Å²) in [6.45, 7) is 8.62. The van der Waals surface area contributed by atoms with Gasteiger partial charge in [0, 0.05) is 29.9 Å². The molecule has 0 aromatic heterocycles. The molecule has 0 radical (unpaired) electrons. The first-order chi connectivity index (χ1) is 12.2. The number of carbonyl (C=O) groups is 1. The summed E-state index contributed by atoms with van der Waals surface area (Å²) in [4.78, 5) is 13.8. The van der Waals surface area contributed by atoms with E-state index < -0.39 is 40.9 Å². The quantitative estimate of drug-likeness (QED) is 0.707. The predicted octanol–water partition coefficient (Wildman–Crippen LogP) is 5.07. The second kappa shape index (κ2) is 7.17. The number of rotatable bonds is 1. The van der Waals surface area contributed by atoms with Crippen molar-refractivity contribution in [3.63, 3.8) is 0 Å². The number of carbonyl (C=O) groups excluding carboxylic acids is 1. The van der Waals surface area contributed by atoms with Gasteiger partial charge in [-0.1, -0.05) is 31.5 Å². The molecule has 0 spiro atoms. The lowest BCUT2D eigenvalue weighted by molar-refractivity contribution is -0.149. The van der Waals surface area contributed by atoms with Crippen LogP contribution in [0.25, 0.3) is 0 Å². The van der Waals surface area contributed by atoms with Gasteiger partial charge in [-0.25, -0.2) is 4.79 Å². The Bertz CT molecular complexity index is 703. The van der Waals surface area contributed by atoms with E-state index in [2.05, 4.69) is 0 Å². The molecule has 1 saturated heterocycles. The molecule has 152 valence electrons. The summed E-state index contributed by atoms with van der Waals surface area (Å²) in [6, 6.07) is 3.39. The third kappa shape index (κ3) is 4.51. The molecular weight excluding hydrogens is 383 g/mol. The molecule has 1 fully saturated rings. The van der Waals surface area contributed by atoms with Crippen LogP contribution < -0.4 is 0 Å². The highest BCUT2D eigenvalue weighted by molar-refractivity contribution is 6.30. The molecule has 3 atom stereocenters. The molecule has 1 aliphatic rings. The van der Waals surface area contributed by atoms with Gasteiger partial charge in [-0.2, -0.15) is 13.2 Å². The molecule has 0 aliphatic carbocycles. The molecule has 27 heavy (non-hydrogen) atoms. The average Bonchev–Trinajstić information content (AvgIpc) is 2.49. The highest BCUT2D eigenvalue weighted by Gasteiger charge is 2.51. The van der Waals surface area contributed by atoms with Gasteiger partial charge >= 0.3 is 12.3 Å². The zero-order valence-corrected chi connectivity index (χ0v) is 16.8. The van der Waals surface area contributed by atoms with Crippen molar-refractivity contribution >= 4 is 17.7 Å². The van der Waals surface area contributed by atoms with Gasteiger partial charge < -0.3 is 14.7 Å². The van der Waals surface area contributed by atoms with Gasteiger partial charge in [0.05, 0.1) is 11.2 Å². The highest BCUT2D eigenvalue weighted by atomic mass is 35.5. The van der Waals surface area contributed by atoms with Gasteiger partial charge in [0.25, 0.3) is 0 Å². The number of ether oxygens (including phenoxy) is 1. The Kier molecular flexibility index (Phi) is 5.79. The minimum Gasteiger partial charge on any atom is -0.444 e. The highest BCUT2D eigenvalue weighted by Crippen LogP contribution is 2.46. The van der Waals surface area contributed by atoms with Crippen molar-refractivity contribution in [2.45, 2.75) is 52.0 Å². The molecule has 1 heterocycles. The van der Waals surface area contributed by atoms with E-state index in [0.717, 1.165) is 6.07 Å². The summed E-state index contributed by atoms with van der Waals surface area (Å²) in [5.41, 5.74) is -3.62. The van der Waals surface area contributed by atoms with Crippen molar-refractivity contribution in [1.82, 2.24) is 4.90 Å². The number of hydrogen-bond donors (Lipinski definition) is 1. The molecule has 0 bridgehead atoms. The van der Waals surface area contributed by atoms with E-state index in [9.17, 15) is 23.1 Å². The Hall–Kier alpha value is -1.47. The lowest BCUT2D eigenvalue weighted by Gasteiger charge is -2.48. The Balaban J connectivity index is 2.39. The smallest absolute Gasteiger partial charge is 0.416 e. The van der Waals surface area contributed by atoms with E-state index in [4.69, 9.17) is 16.3 Å². The number of likely N-dealkylation sites (tertiary alicyclic amines) is 1. The van der Waals surface area contributed by atoms with Crippen molar-refractivity contribution in [3.8, 4) is 0 Å². The molecular formula is C19H25ClF3NO3. The second-order valence-corrected chi connectivity index (χ2v) is 8.64. The molecule has 1 aromatic rings. The van der Waals surface area contributed by atoms with E-state index in [1.54, 1.807) is 34.6 Å². The number of alkyl halides is 3. The maximum absolute atomic E-state index is 13.5. The maximum Gasteiger partial charge on any atom is 0.416 e. The molecule has 0 saturated carbocycles. The van der Waals surface area contributed by atoms with Crippen LogP contribution in [0.15, 0.2) is 18.2 Å². The van der Waals surface area contributed by atoms with Gasteiger partial charge in [0.1, 0.15) is 5.60 Å². The fourth-order valence-corrected chi connectivity index (χ4v) is 3.78. The van der Waals surface area contributed by atoms with Gasteiger partial charge in [-0.15, -0.1) is 0 Å². The van der Waals surface area contributed by atoms with Crippen LogP contribution in [0.4, 0.5) is 18.0 Å². The summed E-state index contributed by atoms with van der Waals surface area (Å²) in [6.07, 6.45) is -5.20. The Morgan fingerprint density at radius 3 is 2.19 bits per heavy atom. The normalized spacial score (nSPS) is 26.8. The Labute approximate surface area is 162 Å². The number of halogens is 4. The van der Waals surface area contributed by atoms with Crippen LogP contribution in [0, 0.1) is 11.8 Å². The maximum atomic E-state index is 13.5. The predicted molar refractivity (Wildman–Crippen MR) is 96.5 cm³/mol. The monoisotopic (exact) mass is 407 g/mol. The van der Waals surface area contributed by atoms with Crippen molar-refractivity contribution in [3.05, 3.63) is 34.3 Å². The largest absolute Gasteiger partial charge is 0.444 e. The van der Waals surface area contributed by atoms with E-state index >= 15 is 0 Å². The molecule has 1 unspecified atom stereocenters. The van der Waals surface area contributed by atoms with Crippen LogP contribution >= 0.6 is 11.6 Å². The molecule has 1 amide bonds. The molecule has 4 nitrogen and oxygen atoms in total. The lowest BCUT2D eigenvalue weighted by atomic mass is 9.69. The molecule has 8 heteroatoms. The van der Waals surface area contributed by atoms with Gasteiger partial charge in [0.15, 0.2) is 0 Å². The minimum atomic E-state index is -4.66. The van der Waals surface area contributed by atoms with Crippen molar-refractivity contribution in [2.75, 3.05) is 13.1 Å². The van der Waals surface area contributed by atoms with Crippen LogP contribution in [0.1, 0.15) is 45.7 Å². The number of piperidine rings is 1. The number of aliphatic hydroxyl groups is 1. The van der Waals surface area contributed by atoms with Crippen molar-refractivity contribution < 1.29 is 27.8 Å².